The molecule has 5 rings (SSSR count). The smallest absolute Gasteiger partial charge is 0.339 e. The minimum atomic E-state index is -1.46. The number of rotatable bonds is 6. The van der Waals surface area contributed by atoms with Crippen molar-refractivity contribution < 1.29 is 23.8 Å². The summed E-state index contributed by atoms with van der Waals surface area (Å²) in [5.41, 5.74) is 3.62. The predicted octanol–water partition coefficient (Wildman–Crippen LogP) is 6.51. The van der Waals surface area contributed by atoms with E-state index in [0.717, 1.165) is 28.7 Å². The summed E-state index contributed by atoms with van der Waals surface area (Å²) in [6.45, 7) is 7.63. The van der Waals surface area contributed by atoms with Crippen LogP contribution in [-0.4, -0.2) is 27.9 Å². The summed E-state index contributed by atoms with van der Waals surface area (Å²) in [5, 5.41) is 11.3. The Kier molecular flexibility index (Phi) is 7.27. The number of hydrogen-bond acceptors (Lipinski definition) is 4. The Morgan fingerprint density at radius 3 is 2.50 bits per heavy atom. The van der Waals surface area contributed by atoms with Gasteiger partial charge in [-0.3, -0.25) is 4.79 Å². The van der Waals surface area contributed by atoms with E-state index in [0.29, 0.717) is 41.3 Å². The van der Waals surface area contributed by atoms with E-state index in [1.165, 1.54) is 10.6 Å². The molecule has 40 heavy (non-hydrogen) atoms. The van der Waals surface area contributed by atoms with Crippen LogP contribution >= 0.6 is 0 Å². The number of benzene rings is 3. The molecule has 7 heteroatoms. The van der Waals surface area contributed by atoms with Crippen LogP contribution in [0.2, 0.25) is 0 Å². The fraction of sp³-hybridized carbons (Fsp3) is 0.333. The Labute approximate surface area is 233 Å². The van der Waals surface area contributed by atoms with E-state index >= 15 is 4.39 Å². The molecule has 1 aliphatic rings. The molecule has 0 spiro atoms. The number of halogens is 1. The molecular formula is C33H34FNO5. The summed E-state index contributed by atoms with van der Waals surface area (Å²) in [6, 6.07) is 17.0. The van der Waals surface area contributed by atoms with Gasteiger partial charge in [-0.1, -0.05) is 42.5 Å². The lowest BCUT2D eigenvalue weighted by molar-refractivity contribution is -0.161. The summed E-state index contributed by atoms with van der Waals surface area (Å²) >= 11 is 0. The van der Waals surface area contributed by atoms with Gasteiger partial charge in [0, 0.05) is 23.6 Å². The second-order valence-electron chi connectivity index (χ2n) is 11.4. The van der Waals surface area contributed by atoms with E-state index in [4.69, 9.17) is 9.47 Å². The summed E-state index contributed by atoms with van der Waals surface area (Å²) in [6.07, 6.45) is 0.570. The fourth-order valence-corrected chi connectivity index (χ4v) is 5.61. The van der Waals surface area contributed by atoms with Crippen molar-refractivity contribution in [3.05, 3.63) is 98.7 Å². The van der Waals surface area contributed by atoms with Crippen LogP contribution in [0.1, 0.15) is 61.2 Å². The van der Waals surface area contributed by atoms with Gasteiger partial charge in [-0.25, -0.2) is 9.18 Å². The van der Waals surface area contributed by atoms with Crippen LogP contribution in [0, 0.1) is 12.7 Å². The van der Waals surface area contributed by atoms with E-state index in [1.807, 2.05) is 55.5 Å². The number of pyridine rings is 1. The van der Waals surface area contributed by atoms with Crippen molar-refractivity contribution in [3.8, 4) is 16.9 Å². The Hall–Kier alpha value is -3.97. The third-order valence-corrected chi connectivity index (χ3v) is 7.41. The first-order valence-corrected chi connectivity index (χ1v) is 13.5. The van der Waals surface area contributed by atoms with Crippen molar-refractivity contribution in [3.63, 3.8) is 0 Å². The van der Waals surface area contributed by atoms with Crippen molar-refractivity contribution in [2.75, 3.05) is 6.61 Å². The van der Waals surface area contributed by atoms with Gasteiger partial charge in [0.1, 0.15) is 0 Å². The zero-order valence-corrected chi connectivity index (χ0v) is 23.5. The highest BCUT2D eigenvalue weighted by Gasteiger charge is 2.34. The van der Waals surface area contributed by atoms with Crippen molar-refractivity contribution in [2.45, 2.75) is 58.7 Å². The first-order valence-electron chi connectivity index (χ1n) is 13.5. The largest absolute Gasteiger partial charge is 0.490 e. The number of aliphatic carboxylic acids is 1. The molecule has 0 saturated carbocycles. The van der Waals surface area contributed by atoms with Gasteiger partial charge in [0.05, 0.1) is 17.9 Å². The summed E-state index contributed by atoms with van der Waals surface area (Å²) in [4.78, 5) is 26.5. The fourth-order valence-electron chi connectivity index (χ4n) is 5.61. The summed E-state index contributed by atoms with van der Waals surface area (Å²) in [5.74, 6) is -1.49. The maximum Gasteiger partial charge on any atom is 0.339 e. The third-order valence-electron chi connectivity index (χ3n) is 7.41. The molecule has 0 fully saturated rings. The number of carbonyl (C=O) groups is 1. The van der Waals surface area contributed by atoms with Crippen molar-refractivity contribution in [2.24, 2.45) is 7.05 Å². The van der Waals surface area contributed by atoms with Crippen LogP contribution in [0.4, 0.5) is 4.39 Å². The normalized spacial score (nSPS) is 14.1. The van der Waals surface area contributed by atoms with Gasteiger partial charge in [-0.05, 0) is 86.7 Å². The molecule has 1 atom stereocenters. The molecule has 6 nitrogen and oxygen atoms in total. The lowest BCUT2D eigenvalue weighted by Gasteiger charge is -2.29. The molecule has 0 aliphatic carbocycles. The number of ether oxygens (including phenoxy) is 2. The van der Waals surface area contributed by atoms with Gasteiger partial charge in [-0.15, -0.1) is 0 Å². The lowest BCUT2D eigenvalue weighted by atomic mass is 9.87. The van der Waals surface area contributed by atoms with Crippen molar-refractivity contribution in [1.82, 2.24) is 4.57 Å². The Morgan fingerprint density at radius 2 is 1.82 bits per heavy atom. The van der Waals surface area contributed by atoms with E-state index in [1.54, 1.807) is 27.8 Å². The van der Waals surface area contributed by atoms with Crippen LogP contribution in [-0.2, 0) is 29.4 Å². The standard InChI is InChI=1S/C33H34FNO5/c1-19-22-12-9-15-39-29(22)26(34)18-24(19)27-23-14-13-21(16-20-10-7-6-8-11-20)17-25(23)31(36)35(5)28(27)30(32(37)38)40-33(2,3)4/h6-8,10-11,13-14,17-18,30H,9,12,15-16H2,1-5H3,(H,37,38)/t30-/m0/s1. The number of carboxylic acids is 1. The SMILES string of the molecule is Cc1c(-c2c([C@H](OC(C)(C)C)C(=O)O)n(C)c(=O)c3cc(Cc4ccccc4)ccc23)cc(F)c2c1CCCO2. The lowest BCUT2D eigenvalue weighted by Crippen LogP contribution is -2.33. The number of carboxylic acid groups (broad SMARTS) is 1. The van der Waals surface area contributed by atoms with E-state index in [9.17, 15) is 14.7 Å². The zero-order valence-electron chi connectivity index (χ0n) is 23.5. The predicted molar refractivity (Wildman–Crippen MR) is 154 cm³/mol. The first-order chi connectivity index (χ1) is 19.0. The molecule has 0 radical (unpaired) electrons. The molecule has 1 N–H and O–H groups in total. The molecule has 0 bridgehead atoms. The number of fused-ring (bicyclic) bond motifs is 2. The average Bonchev–Trinajstić information content (AvgIpc) is 2.92. The van der Waals surface area contributed by atoms with Gasteiger partial charge in [0.25, 0.3) is 5.56 Å². The molecule has 3 aromatic carbocycles. The highest BCUT2D eigenvalue weighted by atomic mass is 19.1. The highest BCUT2D eigenvalue weighted by molar-refractivity contribution is 6.00. The minimum Gasteiger partial charge on any atom is -0.490 e. The van der Waals surface area contributed by atoms with Crippen molar-refractivity contribution in [1.29, 1.82) is 0 Å². The Morgan fingerprint density at radius 1 is 1.10 bits per heavy atom. The summed E-state index contributed by atoms with van der Waals surface area (Å²) < 4.78 is 28.6. The summed E-state index contributed by atoms with van der Waals surface area (Å²) in [7, 11) is 1.56. The monoisotopic (exact) mass is 543 g/mol. The highest BCUT2D eigenvalue weighted by Crippen LogP contribution is 2.43. The molecule has 1 aliphatic heterocycles. The van der Waals surface area contributed by atoms with Crippen molar-refractivity contribution >= 4 is 16.7 Å². The second kappa shape index (κ2) is 10.5. The molecule has 2 heterocycles. The van der Waals surface area contributed by atoms with E-state index < -0.39 is 23.5 Å². The van der Waals surface area contributed by atoms with Crippen LogP contribution in [0.15, 0.2) is 59.4 Å². The van der Waals surface area contributed by atoms with Crippen LogP contribution in [0.3, 0.4) is 0 Å². The quantitative estimate of drug-likeness (QED) is 0.300. The average molecular weight is 544 g/mol. The maximum absolute atomic E-state index is 15.5. The van der Waals surface area contributed by atoms with Crippen LogP contribution in [0.5, 0.6) is 5.75 Å². The number of aromatic nitrogens is 1. The van der Waals surface area contributed by atoms with Gasteiger partial charge in [-0.2, -0.15) is 0 Å². The molecule has 0 saturated heterocycles. The molecule has 1 aromatic heterocycles. The first kappa shape index (κ1) is 27.6. The van der Waals surface area contributed by atoms with Gasteiger partial charge < -0.3 is 19.1 Å². The maximum atomic E-state index is 15.5. The zero-order chi connectivity index (χ0) is 28.8. The van der Waals surface area contributed by atoms with Gasteiger partial charge >= 0.3 is 5.97 Å². The molecule has 0 unspecified atom stereocenters. The van der Waals surface area contributed by atoms with E-state index in [2.05, 4.69) is 0 Å². The van der Waals surface area contributed by atoms with Crippen LogP contribution < -0.4 is 10.3 Å². The van der Waals surface area contributed by atoms with E-state index in [-0.39, 0.29) is 17.0 Å². The topological polar surface area (TPSA) is 77.8 Å². The Bertz CT molecular complexity index is 1670. The molecule has 0 amide bonds. The number of nitrogens with zero attached hydrogens (tertiary/aromatic N) is 1. The number of hydrogen-bond donors (Lipinski definition) is 1. The minimum absolute atomic E-state index is 0.176. The second-order valence-corrected chi connectivity index (χ2v) is 11.4. The molecular weight excluding hydrogens is 509 g/mol. The van der Waals surface area contributed by atoms with Gasteiger partial charge in [0.15, 0.2) is 17.7 Å². The third kappa shape index (κ3) is 5.13. The van der Waals surface area contributed by atoms with Gasteiger partial charge in [0.2, 0.25) is 0 Å². The van der Waals surface area contributed by atoms with Crippen LogP contribution in [0.25, 0.3) is 21.9 Å². The molecule has 4 aromatic rings. The Balaban J connectivity index is 1.84. The molecule has 208 valence electrons.